The lowest BCUT2D eigenvalue weighted by atomic mass is 10.0. The first kappa shape index (κ1) is 14.2. The zero-order valence-electron chi connectivity index (χ0n) is 12.8. The third-order valence-corrected chi connectivity index (χ3v) is 5.09. The van der Waals surface area contributed by atoms with E-state index in [-0.39, 0.29) is 11.7 Å². The molecule has 1 aliphatic carbocycles. The summed E-state index contributed by atoms with van der Waals surface area (Å²) in [6.07, 6.45) is 1.07. The molecule has 3 unspecified atom stereocenters. The monoisotopic (exact) mass is 314 g/mol. The fourth-order valence-electron chi connectivity index (χ4n) is 4.08. The van der Waals surface area contributed by atoms with Crippen LogP contribution in [0, 0.1) is 5.92 Å². The summed E-state index contributed by atoms with van der Waals surface area (Å²) in [7, 11) is 2.15. The summed E-state index contributed by atoms with van der Waals surface area (Å²) in [6, 6.07) is 8.37. The van der Waals surface area contributed by atoms with Gasteiger partial charge in [-0.15, -0.1) is 0 Å². The van der Waals surface area contributed by atoms with Crippen LogP contribution in [-0.4, -0.2) is 46.4 Å². The highest BCUT2D eigenvalue weighted by atomic mass is 16.6. The van der Waals surface area contributed by atoms with Crippen LogP contribution in [0.2, 0.25) is 0 Å². The molecular weight excluding hydrogens is 296 g/mol. The van der Waals surface area contributed by atoms with Gasteiger partial charge in [-0.3, -0.25) is 4.68 Å². The normalized spacial score (nSPS) is 26.7. The van der Waals surface area contributed by atoms with Gasteiger partial charge in [0.2, 0.25) is 0 Å². The molecule has 7 heteroatoms. The van der Waals surface area contributed by atoms with Crippen LogP contribution >= 0.6 is 0 Å². The van der Waals surface area contributed by atoms with Gasteiger partial charge in [-0.1, -0.05) is 18.2 Å². The number of benzene rings is 1. The molecule has 1 amide bonds. The van der Waals surface area contributed by atoms with E-state index in [1.54, 1.807) is 0 Å². The number of aromatic nitrogens is 2. The molecule has 0 radical (unpaired) electrons. The van der Waals surface area contributed by atoms with Crippen LogP contribution in [0.1, 0.15) is 29.4 Å². The van der Waals surface area contributed by atoms with Gasteiger partial charge in [-0.2, -0.15) is 5.10 Å². The number of hydrogen-bond donors (Lipinski definition) is 1. The number of likely N-dealkylation sites (tertiary alicyclic amines) is 1. The van der Waals surface area contributed by atoms with E-state index < -0.39 is 12.1 Å². The van der Waals surface area contributed by atoms with Crippen LogP contribution in [0.4, 0.5) is 4.79 Å². The lowest BCUT2D eigenvalue weighted by Crippen LogP contribution is -2.33. The van der Waals surface area contributed by atoms with Crippen LogP contribution in [0.15, 0.2) is 24.3 Å². The Morgan fingerprint density at radius 2 is 2.09 bits per heavy atom. The van der Waals surface area contributed by atoms with Gasteiger partial charge < -0.3 is 15.4 Å². The SMILES string of the molecule is CN1CC2CC1CC2n1nc(C(=O)OC(N)=O)c2ccccc21. The van der Waals surface area contributed by atoms with Gasteiger partial charge in [0.1, 0.15) is 0 Å². The predicted molar refractivity (Wildman–Crippen MR) is 82.9 cm³/mol. The van der Waals surface area contributed by atoms with Gasteiger partial charge >= 0.3 is 12.1 Å². The van der Waals surface area contributed by atoms with E-state index in [1.807, 2.05) is 28.9 Å². The number of hydrogen-bond acceptors (Lipinski definition) is 5. The summed E-state index contributed by atoms with van der Waals surface area (Å²) in [5.74, 6) is -0.263. The number of carbonyl (C=O) groups excluding carboxylic acids is 2. The molecule has 1 saturated heterocycles. The van der Waals surface area contributed by atoms with Gasteiger partial charge in [0.25, 0.3) is 0 Å². The van der Waals surface area contributed by atoms with Gasteiger partial charge in [0.15, 0.2) is 5.69 Å². The molecule has 0 spiro atoms. The first-order valence-electron chi connectivity index (χ1n) is 7.73. The van der Waals surface area contributed by atoms with Crippen molar-refractivity contribution >= 4 is 23.0 Å². The minimum atomic E-state index is -1.12. The molecule has 4 rings (SSSR count). The molecular formula is C16H18N4O3. The number of nitrogens with two attached hydrogens (primary N) is 1. The molecule has 1 saturated carbocycles. The van der Waals surface area contributed by atoms with E-state index in [1.165, 1.54) is 0 Å². The number of carbonyl (C=O) groups is 2. The van der Waals surface area contributed by atoms with Crippen molar-refractivity contribution in [3.63, 3.8) is 0 Å². The van der Waals surface area contributed by atoms with Crippen LogP contribution in [-0.2, 0) is 4.74 Å². The van der Waals surface area contributed by atoms with Crippen molar-refractivity contribution < 1.29 is 14.3 Å². The van der Waals surface area contributed by atoms with Crippen molar-refractivity contribution in [1.29, 1.82) is 0 Å². The Hall–Kier alpha value is -2.41. The van der Waals surface area contributed by atoms with Crippen LogP contribution in [0.3, 0.4) is 0 Å². The first-order chi connectivity index (χ1) is 11.0. The minimum Gasteiger partial charge on any atom is -0.371 e. The largest absolute Gasteiger partial charge is 0.412 e. The molecule has 2 N–H and O–H groups in total. The maximum atomic E-state index is 12.1. The summed E-state index contributed by atoms with van der Waals surface area (Å²) >= 11 is 0. The highest BCUT2D eigenvalue weighted by Gasteiger charge is 2.44. The smallest absolute Gasteiger partial charge is 0.371 e. The number of nitrogens with zero attached hydrogens (tertiary/aromatic N) is 3. The third-order valence-electron chi connectivity index (χ3n) is 5.09. The Balaban J connectivity index is 1.76. The lowest BCUT2D eigenvalue weighted by molar-refractivity contribution is 0.0632. The molecule has 2 fully saturated rings. The third kappa shape index (κ3) is 2.19. The van der Waals surface area contributed by atoms with Gasteiger partial charge in [-0.25, -0.2) is 9.59 Å². The first-order valence-corrected chi connectivity index (χ1v) is 7.73. The predicted octanol–water partition coefficient (Wildman–Crippen LogP) is 1.54. The van der Waals surface area contributed by atoms with Gasteiger partial charge in [-0.05, 0) is 31.9 Å². The summed E-state index contributed by atoms with van der Waals surface area (Å²) in [5, 5.41) is 5.17. The van der Waals surface area contributed by atoms with Crippen LogP contribution in [0.25, 0.3) is 10.9 Å². The maximum Gasteiger partial charge on any atom is 0.412 e. The number of primary amides is 1. The summed E-state index contributed by atoms with van der Waals surface area (Å²) in [5.41, 5.74) is 5.99. The second-order valence-electron chi connectivity index (χ2n) is 6.41. The number of amides is 1. The molecule has 2 bridgehead atoms. The van der Waals surface area contributed by atoms with E-state index in [2.05, 4.69) is 21.8 Å². The number of esters is 1. The van der Waals surface area contributed by atoms with Crippen molar-refractivity contribution in [1.82, 2.24) is 14.7 Å². The molecule has 23 heavy (non-hydrogen) atoms. The average Bonchev–Trinajstić information content (AvgIpc) is 3.17. The van der Waals surface area contributed by atoms with E-state index in [9.17, 15) is 9.59 Å². The highest BCUT2D eigenvalue weighted by molar-refractivity contribution is 6.05. The van der Waals surface area contributed by atoms with E-state index in [4.69, 9.17) is 5.73 Å². The molecule has 1 aromatic heterocycles. The zero-order chi connectivity index (χ0) is 16.1. The summed E-state index contributed by atoms with van der Waals surface area (Å²) in [4.78, 5) is 25.3. The Kier molecular flexibility index (Phi) is 3.12. The second-order valence-corrected chi connectivity index (χ2v) is 6.41. The van der Waals surface area contributed by atoms with Crippen molar-refractivity contribution in [3.05, 3.63) is 30.0 Å². The number of ether oxygens (including phenoxy) is 1. The average molecular weight is 314 g/mol. The van der Waals surface area contributed by atoms with Crippen LogP contribution < -0.4 is 5.73 Å². The van der Waals surface area contributed by atoms with Crippen molar-refractivity contribution in [2.24, 2.45) is 11.7 Å². The molecule has 2 aromatic rings. The number of fused-ring (bicyclic) bond motifs is 3. The number of piperidine rings is 1. The number of rotatable bonds is 2. The minimum absolute atomic E-state index is 0.149. The second kappa shape index (κ2) is 5.06. The lowest BCUT2D eigenvalue weighted by Gasteiger charge is -2.29. The van der Waals surface area contributed by atoms with Crippen molar-refractivity contribution in [2.45, 2.75) is 24.9 Å². The standard InChI is InChI=1S/C16H18N4O3/c1-19-8-9-6-10(19)7-13(9)20-12-5-3-2-4-11(12)14(18-20)15(21)23-16(17)22/h2-5,9-10,13H,6-8H2,1H3,(H2,17,22). The Morgan fingerprint density at radius 1 is 1.30 bits per heavy atom. The Bertz CT molecular complexity index is 798. The van der Waals surface area contributed by atoms with Gasteiger partial charge in [0.05, 0.1) is 11.6 Å². The molecule has 2 aliphatic rings. The van der Waals surface area contributed by atoms with Crippen LogP contribution in [0.5, 0.6) is 0 Å². The van der Waals surface area contributed by atoms with Gasteiger partial charge in [0, 0.05) is 18.0 Å². The van der Waals surface area contributed by atoms with E-state index in [0.29, 0.717) is 17.3 Å². The quantitative estimate of drug-likeness (QED) is 0.670. The highest BCUT2D eigenvalue weighted by Crippen LogP contribution is 2.45. The molecule has 7 nitrogen and oxygen atoms in total. The fraction of sp³-hybridized carbons (Fsp3) is 0.438. The maximum absolute atomic E-state index is 12.1. The Labute approximate surface area is 133 Å². The van der Waals surface area contributed by atoms with Crippen molar-refractivity contribution in [2.75, 3.05) is 13.6 Å². The molecule has 1 aliphatic heterocycles. The fourth-order valence-corrected chi connectivity index (χ4v) is 4.08. The molecule has 2 heterocycles. The molecule has 1 aromatic carbocycles. The van der Waals surface area contributed by atoms with E-state index >= 15 is 0 Å². The zero-order valence-corrected chi connectivity index (χ0v) is 12.8. The van der Waals surface area contributed by atoms with Crippen molar-refractivity contribution in [3.8, 4) is 0 Å². The summed E-state index contributed by atoms with van der Waals surface area (Å²) in [6.45, 7) is 1.05. The topological polar surface area (TPSA) is 90.4 Å². The summed E-state index contributed by atoms with van der Waals surface area (Å²) < 4.78 is 6.45. The number of para-hydroxylation sites is 1. The Morgan fingerprint density at radius 3 is 2.74 bits per heavy atom. The molecule has 120 valence electrons. The van der Waals surface area contributed by atoms with E-state index in [0.717, 1.165) is 24.9 Å². The molecule has 3 atom stereocenters.